The molecule has 5 rings (SSSR count). The molecule has 1 N–H and O–H groups in total. The van der Waals surface area contributed by atoms with Gasteiger partial charge in [-0.1, -0.05) is 96.2 Å². The first-order chi connectivity index (χ1) is 19.6. The maximum absolute atomic E-state index is 11.8. The summed E-state index contributed by atoms with van der Waals surface area (Å²) in [5.74, 6) is -0.208. The molecule has 7 heteroatoms. The van der Waals surface area contributed by atoms with E-state index in [0.717, 1.165) is 11.3 Å². The predicted molar refractivity (Wildman–Crippen MR) is 155 cm³/mol. The first-order valence-electron chi connectivity index (χ1n) is 14.0. The number of carbonyl (C=O) groups is 1. The predicted octanol–water partition coefficient (Wildman–Crippen LogP) is 5.06. The Morgan fingerprint density at radius 3 is 2.10 bits per heavy atom. The van der Waals surface area contributed by atoms with Gasteiger partial charge < -0.3 is 9.84 Å². The van der Waals surface area contributed by atoms with Gasteiger partial charge in [-0.25, -0.2) is 4.68 Å². The van der Waals surface area contributed by atoms with Gasteiger partial charge in [0.05, 0.1) is 30.1 Å². The van der Waals surface area contributed by atoms with E-state index < -0.39 is 11.6 Å². The van der Waals surface area contributed by atoms with Crippen molar-refractivity contribution in [3.8, 4) is 0 Å². The van der Waals surface area contributed by atoms with Gasteiger partial charge >= 0.3 is 5.97 Å². The molecule has 1 fully saturated rings. The molecule has 1 unspecified atom stereocenters. The fourth-order valence-electron chi connectivity index (χ4n) is 5.73. The summed E-state index contributed by atoms with van der Waals surface area (Å²) in [6.45, 7) is 4.01. The summed E-state index contributed by atoms with van der Waals surface area (Å²) in [5, 5.41) is 19.5. The van der Waals surface area contributed by atoms with Crippen LogP contribution >= 0.6 is 0 Å². The Balaban J connectivity index is 1.52. The number of benzene rings is 3. The highest BCUT2D eigenvalue weighted by Gasteiger charge is 2.44. The number of esters is 1. The highest BCUT2D eigenvalue weighted by Crippen LogP contribution is 2.44. The quantitative estimate of drug-likeness (QED) is 0.225. The second-order valence-electron chi connectivity index (χ2n) is 10.0. The molecule has 4 aromatic rings. The molecule has 0 spiro atoms. The largest absolute Gasteiger partial charge is 0.466 e. The van der Waals surface area contributed by atoms with Crippen LogP contribution in [0.15, 0.2) is 103 Å². The number of aromatic nitrogens is 3. The van der Waals surface area contributed by atoms with Crippen LogP contribution in [0.4, 0.5) is 0 Å². The number of carbonyl (C=O) groups excluding carboxylic acids is 1. The number of aliphatic hydroxyl groups excluding tert-OH is 1. The monoisotopic (exact) mass is 536 g/mol. The fourth-order valence-corrected chi connectivity index (χ4v) is 5.73. The third-order valence-electron chi connectivity index (χ3n) is 7.56. The van der Waals surface area contributed by atoms with E-state index in [4.69, 9.17) is 4.74 Å². The van der Waals surface area contributed by atoms with E-state index in [2.05, 4.69) is 88.0 Å². The van der Waals surface area contributed by atoms with Gasteiger partial charge in [0.25, 0.3) is 0 Å². The number of aryl methyl sites for hydroxylation is 1. The van der Waals surface area contributed by atoms with Crippen LogP contribution in [-0.4, -0.2) is 56.8 Å². The molecular formula is C33H36N4O3. The van der Waals surface area contributed by atoms with E-state index >= 15 is 0 Å². The summed E-state index contributed by atoms with van der Waals surface area (Å²) in [7, 11) is 0. The molecule has 1 aliphatic rings. The van der Waals surface area contributed by atoms with E-state index in [1.165, 1.54) is 16.7 Å². The zero-order valence-electron chi connectivity index (χ0n) is 22.9. The fraction of sp³-hybridized carbons (Fsp3) is 0.303. The van der Waals surface area contributed by atoms with E-state index in [1.807, 2.05) is 24.3 Å². The van der Waals surface area contributed by atoms with Crippen molar-refractivity contribution in [1.29, 1.82) is 0 Å². The third kappa shape index (κ3) is 5.76. The summed E-state index contributed by atoms with van der Waals surface area (Å²) in [5.41, 5.74) is 4.69. The minimum atomic E-state index is -0.570. The van der Waals surface area contributed by atoms with Crippen LogP contribution in [0.5, 0.6) is 0 Å². The molecule has 206 valence electrons. The summed E-state index contributed by atoms with van der Waals surface area (Å²) < 4.78 is 6.83. The summed E-state index contributed by atoms with van der Waals surface area (Å²) in [6.07, 6.45) is 4.68. The van der Waals surface area contributed by atoms with Crippen LogP contribution in [0.25, 0.3) is 6.08 Å². The number of rotatable bonds is 10. The summed E-state index contributed by atoms with van der Waals surface area (Å²) in [6, 6.07) is 31.8. The highest BCUT2D eigenvalue weighted by atomic mass is 16.5. The smallest absolute Gasteiger partial charge is 0.305 e. The Labute approximate surface area is 235 Å². The first kappa shape index (κ1) is 27.5. The summed E-state index contributed by atoms with van der Waals surface area (Å²) >= 11 is 0. The van der Waals surface area contributed by atoms with Gasteiger partial charge in [0.2, 0.25) is 0 Å². The maximum atomic E-state index is 11.8. The van der Waals surface area contributed by atoms with Crippen LogP contribution in [0, 0.1) is 0 Å². The van der Waals surface area contributed by atoms with Crippen molar-refractivity contribution in [3.05, 3.63) is 125 Å². The third-order valence-corrected chi connectivity index (χ3v) is 7.56. The first-order valence-corrected chi connectivity index (χ1v) is 14.0. The molecule has 2 heterocycles. The van der Waals surface area contributed by atoms with Crippen molar-refractivity contribution in [3.63, 3.8) is 0 Å². The van der Waals surface area contributed by atoms with Gasteiger partial charge in [-0.2, -0.15) is 0 Å². The molecule has 0 aliphatic carbocycles. The standard InChI is InChI=1S/C33H36N4O3/c1-2-40-32(39)19-12-21-37-30(24-34-35-37)23-26-25-36(22-20-31(26)38)33(27-13-6-3-7-14-27,28-15-8-4-9-16-28)29-17-10-5-11-18-29/h3-11,13-18,23-24,31,38H,2,12,19-22,25H2,1H3/b26-23+. The number of likely N-dealkylation sites (tertiary alicyclic amines) is 1. The number of piperidine rings is 1. The van der Waals surface area contributed by atoms with Gasteiger partial charge in [-0.15, -0.1) is 5.10 Å². The minimum Gasteiger partial charge on any atom is -0.466 e. The topological polar surface area (TPSA) is 80.5 Å². The Morgan fingerprint density at radius 2 is 1.55 bits per heavy atom. The average molecular weight is 537 g/mol. The van der Waals surface area contributed by atoms with Gasteiger partial charge in [-0.3, -0.25) is 9.69 Å². The molecule has 7 nitrogen and oxygen atoms in total. The van der Waals surface area contributed by atoms with Crippen LogP contribution in [0.3, 0.4) is 0 Å². The number of hydrogen-bond donors (Lipinski definition) is 1. The van der Waals surface area contributed by atoms with E-state index in [-0.39, 0.29) is 5.97 Å². The number of nitrogens with zero attached hydrogens (tertiary/aromatic N) is 4. The molecule has 1 aromatic heterocycles. The molecule has 1 aliphatic heterocycles. The molecule has 40 heavy (non-hydrogen) atoms. The van der Waals surface area contributed by atoms with E-state index in [1.54, 1.807) is 17.8 Å². The van der Waals surface area contributed by atoms with Crippen molar-refractivity contribution in [1.82, 2.24) is 19.9 Å². The lowest BCUT2D eigenvalue weighted by Crippen LogP contribution is -2.52. The molecule has 1 saturated heterocycles. The maximum Gasteiger partial charge on any atom is 0.305 e. The molecular weight excluding hydrogens is 500 g/mol. The van der Waals surface area contributed by atoms with Gasteiger partial charge in [-0.05, 0) is 48.1 Å². The van der Waals surface area contributed by atoms with Crippen molar-refractivity contribution < 1.29 is 14.6 Å². The molecule has 0 amide bonds. The van der Waals surface area contributed by atoms with Crippen LogP contribution in [-0.2, 0) is 21.6 Å². The molecule has 0 saturated carbocycles. The Kier molecular flexibility index (Phi) is 8.84. The second kappa shape index (κ2) is 12.9. The van der Waals surface area contributed by atoms with Crippen LogP contribution in [0.2, 0.25) is 0 Å². The van der Waals surface area contributed by atoms with Gasteiger partial charge in [0.1, 0.15) is 0 Å². The lowest BCUT2D eigenvalue weighted by Gasteiger charge is -2.48. The van der Waals surface area contributed by atoms with Crippen LogP contribution in [0.1, 0.15) is 48.6 Å². The Morgan fingerprint density at radius 1 is 0.975 bits per heavy atom. The normalized spacial score (nSPS) is 17.1. The van der Waals surface area contributed by atoms with E-state index in [9.17, 15) is 9.90 Å². The summed E-state index contributed by atoms with van der Waals surface area (Å²) in [4.78, 5) is 14.3. The van der Waals surface area contributed by atoms with Crippen LogP contribution < -0.4 is 0 Å². The van der Waals surface area contributed by atoms with Crippen molar-refractivity contribution in [2.45, 2.75) is 44.4 Å². The molecule has 0 bridgehead atoms. The van der Waals surface area contributed by atoms with Gasteiger partial charge in [0.15, 0.2) is 0 Å². The Bertz CT molecular complexity index is 1310. The average Bonchev–Trinajstić information content (AvgIpc) is 3.43. The van der Waals surface area contributed by atoms with Crippen molar-refractivity contribution in [2.75, 3.05) is 19.7 Å². The molecule has 0 radical (unpaired) electrons. The van der Waals surface area contributed by atoms with Crippen molar-refractivity contribution >= 4 is 12.0 Å². The highest BCUT2D eigenvalue weighted by molar-refractivity contribution is 5.69. The SMILES string of the molecule is CCOC(=O)CCCn1nncc1/C=C1\CN(C(c2ccccc2)(c2ccccc2)c2ccccc2)CCC1O. The number of aliphatic hydroxyl groups is 1. The van der Waals surface area contributed by atoms with E-state index in [0.29, 0.717) is 45.5 Å². The van der Waals surface area contributed by atoms with Gasteiger partial charge in [0, 0.05) is 26.1 Å². The van der Waals surface area contributed by atoms with Crippen molar-refractivity contribution in [2.24, 2.45) is 0 Å². The lowest BCUT2D eigenvalue weighted by atomic mass is 9.74. The lowest BCUT2D eigenvalue weighted by molar-refractivity contribution is -0.143. The Hall–Kier alpha value is -4.07. The minimum absolute atomic E-state index is 0.208. The zero-order chi connectivity index (χ0) is 27.8. The molecule has 3 aromatic carbocycles. The second-order valence-corrected chi connectivity index (χ2v) is 10.0. The molecule has 1 atom stereocenters. The zero-order valence-corrected chi connectivity index (χ0v) is 22.9. The number of hydrogen-bond acceptors (Lipinski definition) is 6. The number of ether oxygens (including phenoxy) is 1.